The van der Waals surface area contributed by atoms with Crippen molar-refractivity contribution in [3.05, 3.63) is 75.8 Å². The third kappa shape index (κ3) is 2.47. The number of hydrogen-bond acceptors (Lipinski definition) is 1. The van der Waals surface area contributed by atoms with Gasteiger partial charge in [-0.15, -0.1) is 0 Å². The highest BCUT2D eigenvalue weighted by atomic mass is 127. The smallest absolute Gasteiger partial charge is 0.137 e. The Hall–Kier alpha value is -1.62. The fourth-order valence-electron chi connectivity index (χ4n) is 3.20. The average molecular weight is 400 g/mol. The first-order valence-electron chi connectivity index (χ1n) is 7.69. The molecule has 3 heteroatoms. The summed E-state index contributed by atoms with van der Waals surface area (Å²) in [7, 11) is 0. The van der Waals surface area contributed by atoms with Gasteiger partial charge in [-0.05, 0) is 63.1 Å². The Kier molecular flexibility index (Phi) is 3.74. The molecule has 0 aromatic carbocycles. The van der Waals surface area contributed by atoms with Crippen LogP contribution in [0.1, 0.15) is 36.6 Å². The second kappa shape index (κ2) is 5.88. The monoisotopic (exact) mass is 400 g/mol. The van der Waals surface area contributed by atoms with Crippen LogP contribution in [0.25, 0.3) is 11.2 Å². The SMILES string of the molecule is IC1=CC=C(c2nc3ccccn3c2C2C=CC=CC2)CC1. The highest BCUT2D eigenvalue weighted by molar-refractivity contribution is 14.1. The summed E-state index contributed by atoms with van der Waals surface area (Å²) in [6, 6.07) is 6.24. The van der Waals surface area contributed by atoms with Crippen molar-refractivity contribution in [1.29, 1.82) is 0 Å². The van der Waals surface area contributed by atoms with E-state index in [9.17, 15) is 0 Å². The van der Waals surface area contributed by atoms with Crippen LogP contribution in [0.5, 0.6) is 0 Å². The van der Waals surface area contributed by atoms with Crippen LogP contribution in [0.2, 0.25) is 0 Å². The highest BCUT2D eigenvalue weighted by Gasteiger charge is 2.22. The molecule has 4 rings (SSSR count). The van der Waals surface area contributed by atoms with Crippen molar-refractivity contribution in [3.8, 4) is 0 Å². The molecule has 1 atom stereocenters. The molecule has 2 aliphatic rings. The number of imidazole rings is 1. The number of fused-ring (bicyclic) bond motifs is 1. The van der Waals surface area contributed by atoms with E-state index in [0.29, 0.717) is 5.92 Å². The Balaban J connectivity index is 1.90. The molecule has 0 bridgehead atoms. The lowest BCUT2D eigenvalue weighted by atomic mass is 9.91. The van der Waals surface area contributed by atoms with E-state index in [0.717, 1.165) is 24.9 Å². The molecule has 110 valence electrons. The van der Waals surface area contributed by atoms with Crippen molar-refractivity contribution < 1.29 is 0 Å². The van der Waals surface area contributed by atoms with E-state index < -0.39 is 0 Å². The molecule has 2 nitrogen and oxygen atoms in total. The minimum atomic E-state index is 0.406. The first-order valence-corrected chi connectivity index (χ1v) is 8.77. The second-order valence-electron chi connectivity index (χ2n) is 5.74. The minimum absolute atomic E-state index is 0.406. The van der Waals surface area contributed by atoms with Crippen molar-refractivity contribution in [2.75, 3.05) is 0 Å². The molecular weight excluding hydrogens is 383 g/mol. The topological polar surface area (TPSA) is 17.3 Å². The van der Waals surface area contributed by atoms with Gasteiger partial charge in [-0.25, -0.2) is 4.98 Å². The summed E-state index contributed by atoms with van der Waals surface area (Å²) in [6.45, 7) is 0. The van der Waals surface area contributed by atoms with E-state index in [2.05, 4.69) is 87.8 Å². The zero-order valence-electron chi connectivity index (χ0n) is 12.2. The lowest BCUT2D eigenvalue weighted by Crippen LogP contribution is -2.05. The van der Waals surface area contributed by atoms with E-state index in [4.69, 9.17) is 4.98 Å². The summed E-state index contributed by atoms with van der Waals surface area (Å²) in [5.41, 5.74) is 4.91. The molecule has 0 amide bonds. The Morgan fingerprint density at radius 3 is 2.86 bits per heavy atom. The fourth-order valence-corrected chi connectivity index (χ4v) is 3.65. The number of aromatic nitrogens is 2. The summed E-state index contributed by atoms with van der Waals surface area (Å²) < 4.78 is 3.68. The Bertz CT molecular complexity index is 836. The number of rotatable bonds is 2. The van der Waals surface area contributed by atoms with Crippen LogP contribution in [0.4, 0.5) is 0 Å². The molecule has 2 heterocycles. The molecule has 0 N–H and O–H groups in total. The van der Waals surface area contributed by atoms with Gasteiger partial charge in [0.1, 0.15) is 5.65 Å². The van der Waals surface area contributed by atoms with E-state index in [1.54, 1.807) is 0 Å². The van der Waals surface area contributed by atoms with Gasteiger partial charge in [0.15, 0.2) is 0 Å². The molecule has 22 heavy (non-hydrogen) atoms. The van der Waals surface area contributed by atoms with E-state index >= 15 is 0 Å². The zero-order chi connectivity index (χ0) is 14.9. The number of allylic oxidation sites excluding steroid dienone is 8. The van der Waals surface area contributed by atoms with Crippen LogP contribution in [0, 0.1) is 0 Å². The molecule has 2 aliphatic carbocycles. The fraction of sp³-hybridized carbons (Fsp3) is 0.211. The number of pyridine rings is 1. The molecule has 0 aliphatic heterocycles. The van der Waals surface area contributed by atoms with Crippen molar-refractivity contribution in [1.82, 2.24) is 9.38 Å². The minimum Gasteiger partial charge on any atom is -0.303 e. The van der Waals surface area contributed by atoms with Gasteiger partial charge in [0.05, 0.1) is 11.4 Å². The van der Waals surface area contributed by atoms with Crippen LogP contribution in [-0.2, 0) is 0 Å². The summed E-state index contributed by atoms with van der Waals surface area (Å²) in [5.74, 6) is 0.406. The standard InChI is InChI=1S/C19H17IN2/c20-16-11-9-14(10-12-16)18-19(15-6-2-1-3-7-15)22-13-5-4-8-17(22)21-18/h1-6,8-9,11,13,15H,7,10,12H2. The maximum Gasteiger partial charge on any atom is 0.137 e. The van der Waals surface area contributed by atoms with Gasteiger partial charge in [-0.2, -0.15) is 0 Å². The number of halogens is 1. The van der Waals surface area contributed by atoms with Crippen molar-refractivity contribution in [2.45, 2.75) is 25.2 Å². The van der Waals surface area contributed by atoms with Crippen molar-refractivity contribution >= 4 is 33.8 Å². The molecule has 2 aromatic rings. The summed E-state index contributed by atoms with van der Waals surface area (Å²) in [5, 5.41) is 0. The van der Waals surface area contributed by atoms with Gasteiger partial charge < -0.3 is 4.40 Å². The Morgan fingerprint density at radius 1 is 1.14 bits per heavy atom. The van der Waals surface area contributed by atoms with Crippen molar-refractivity contribution in [3.63, 3.8) is 0 Å². The molecule has 0 spiro atoms. The van der Waals surface area contributed by atoms with E-state index in [1.807, 2.05) is 0 Å². The van der Waals surface area contributed by atoms with Crippen LogP contribution >= 0.6 is 22.6 Å². The normalized spacial score (nSPS) is 21.0. The summed E-state index contributed by atoms with van der Waals surface area (Å²) in [6.07, 6.45) is 18.7. The van der Waals surface area contributed by atoms with Crippen LogP contribution in [0.3, 0.4) is 0 Å². The molecule has 2 aromatic heterocycles. The summed E-state index contributed by atoms with van der Waals surface area (Å²) >= 11 is 2.42. The molecule has 1 unspecified atom stereocenters. The Morgan fingerprint density at radius 2 is 2.09 bits per heavy atom. The van der Waals surface area contributed by atoms with Crippen molar-refractivity contribution in [2.24, 2.45) is 0 Å². The lowest BCUT2D eigenvalue weighted by Gasteiger charge is -2.17. The summed E-state index contributed by atoms with van der Waals surface area (Å²) in [4.78, 5) is 4.94. The largest absolute Gasteiger partial charge is 0.303 e. The van der Waals surface area contributed by atoms with Crippen LogP contribution in [0.15, 0.2) is 64.4 Å². The van der Waals surface area contributed by atoms with E-state index in [-0.39, 0.29) is 0 Å². The lowest BCUT2D eigenvalue weighted by molar-refractivity contribution is 0.797. The molecular formula is C19H17IN2. The van der Waals surface area contributed by atoms with E-state index in [1.165, 1.54) is 20.5 Å². The quantitative estimate of drug-likeness (QED) is 0.615. The van der Waals surface area contributed by atoms with Crippen LogP contribution < -0.4 is 0 Å². The first kappa shape index (κ1) is 14.0. The third-order valence-electron chi connectivity index (χ3n) is 4.30. The van der Waals surface area contributed by atoms with Gasteiger partial charge in [0.25, 0.3) is 0 Å². The van der Waals surface area contributed by atoms with Gasteiger partial charge in [0.2, 0.25) is 0 Å². The highest BCUT2D eigenvalue weighted by Crippen LogP contribution is 2.36. The zero-order valence-corrected chi connectivity index (χ0v) is 14.4. The molecule has 0 radical (unpaired) electrons. The van der Waals surface area contributed by atoms with Gasteiger partial charge in [-0.3, -0.25) is 0 Å². The maximum absolute atomic E-state index is 4.94. The first-order chi connectivity index (χ1) is 10.8. The predicted octanol–water partition coefficient (Wildman–Crippen LogP) is 5.43. The maximum atomic E-state index is 4.94. The van der Waals surface area contributed by atoms with Gasteiger partial charge in [-0.1, -0.05) is 42.5 Å². The second-order valence-corrected chi connectivity index (χ2v) is 7.12. The number of nitrogens with zero attached hydrogens (tertiary/aromatic N) is 2. The molecule has 0 fully saturated rings. The third-order valence-corrected chi connectivity index (χ3v) is 5.20. The van der Waals surface area contributed by atoms with Gasteiger partial charge >= 0.3 is 0 Å². The molecule has 0 saturated carbocycles. The average Bonchev–Trinajstić information content (AvgIpc) is 2.96. The number of hydrogen-bond donors (Lipinski definition) is 0. The van der Waals surface area contributed by atoms with Gasteiger partial charge in [0, 0.05) is 12.1 Å². The van der Waals surface area contributed by atoms with Crippen LogP contribution in [-0.4, -0.2) is 9.38 Å². The predicted molar refractivity (Wildman–Crippen MR) is 100 cm³/mol. The molecule has 0 saturated heterocycles. The Labute approximate surface area is 144 Å².